The van der Waals surface area contributed by atoms with Crippen LogP contribution in [0.4, 0.5) is 18.9 Å². The lowest BCUT2D eigenvalue weighted by atomic mass is 10.1. The molecule has 7 heteroatoms. The van der Waals surface area contributed by atoms with Crippen molar-refractivity contribution in [3.8, 4) is 0 Å². The molecule has 1 aromatic carbocycles. The van der Waals surface area contributed by atoms with Crippen LogP contribution in [0.2, 0.25) is 0 Å². The molecule has 0 aromatic heterocycles. The van der Waals surface area contributed by atoms with Crippen LogP contribution in [0.5, 0.6) is 0 Å². The van der Waals surface area contributed by atoms with Crippen LogP contribution in [0.1, 0.15) is 12.0 Å². The maximum Gasteiger partial charge on any atom is 0.416 e. The number of nitrogens with two attached hydrogens (primary N) is 1. The van der Waals surface area contributed by atoms with Crippen molar-refractivity contribution in [2.45, 2.75) is 18.6 Å². The van der Waals surface area contributed by atoms with Crippen LogP contribution in [0, 0.1) is 0 Å². The fraction of sp³-hybridized carbons (Fsp3) is 0.250. The van der Waals surface area contributed by atoms with E-state index in [1.54, 1.807) is 0 Å². The number of anilines is 1. The highest BCUT2D eigenvalue weighted by Gasteiger charge is 2.31. The summed E-state index contributed by atoms with van der Waals surface area (Å²) in [5.74, 6) is -0.564. The molecule has 19 heavy (non-hydrogen) atoms. The van der Waals surface area contributed by atoms with Crippen molar-refractivity contribution in [1.29, 1.82) is 0 Å². The molecular formula is C12H12BrF3N2O. The second-order valence-corrected chi connectivity index (χ2v) is 4.76. The number of hydrogen-bond acceptors (Lipinski definition) is 2. The summed E-state index contributed by atoms with van der Waals surface area (Å²) in [6.45, 7) is 3.43. The van der Waals surface area contributed by atoms with Gasteiger partial charge in [0.15, 0.2) is 0 Å². The van der Waals surface area contributed by atoms with Crippen molar-refractivity contribution in [2.75, 3.05) is 5.32 Å². The number of carbonyl (C=O) groups is 1. The van der Waals surface area contributed by atoms with Gasteiger partial charge in [-0.25, -0.2) is 0 Å². The van der Waals surface area contributed by atoms with E-state index in [9.17, 15) is 18.0 Å². The summed E-state index contributed by atoms with van der Waals surface area (Å²) >= 11 is 2.96. The fourth-order valence-corrected chi connectivity index (χ4v) is 1.84. The molecule has 0 spiro atoms. The molecule has 1 unspecified atom stereocenters. The molecule has 0 radical (unpaired) electrons. The zero-order valence-electron chi connectivity index (χ0n) is 9.80. The molecule has 1 atom stereocenters. The molecule has 0 fully saturated rings. The highest BCUT2D eigenvalue weighted by Crippen LogP contribution is 2.33. The van der Waals surface area contributed by atoms with Crippen LogP contribution >= 0.6 is 15.9 Å². The summed E-state index contributed by atoms with van der Waals surface area (Å²) < 4.78 is 38.0. The van der Waals surface area contributed by atoms with E-state index >= 15 is 0 Å². The summed E-state index contributed by atoms with van der Waals surface area (Å²) in [6, 6.07) is 2.31. The molecule has 0 saturated carbocycles. The Kier molecular flexibility index (Phi) is 5.13. The van der Waals surface area contributed by atoms with Crippen LogP contribution in [0.25, 0.3) is 0 Å². The Morgan fingerprint density at radius 2 is 2.11 bits per heavy atom. The van der Waals surface area contributed by atoms with E-state index in [0.29, 0.717) is 0 Å². The second kappa shape index (κ2) is 6.21. The molecule has 0 bridgehead atoms. The summed E-state index contributed by atoms with van der Waals surface area (Å²) in [5.41, 5.74) is 4.70. The summed E-state index contributed by atoms with van der Waals surface area (Å²) in [7, 11) is 0. The first-order valence-corrected chi connectivity index (χ1v) is 6.08. The Balaban J connectivity index is 2.93. The van der Waals surface area contributed by atoms with Gasteiger partial charge in [-0.3, -0.25) is 4.79 Å². The van der Waals surface area contributed by atoms with Gasteiger partial charge in [0, 0.05) is 10.2 Å². The van der Waals surface area contributed by atoms with Gasteiger partial charge in [-0.15, -0.1) is 6.58 Å². The van der Waals surface area contributed by atoms with E-state index in [-0.39, 0.29) is 16.6 Å². The van der Waals surface area contributed by atoms with Gasteiger partial charge in [-0.2, -0.15) is 13.2 Å². The highest BCUT2D eigenvalue weighted by molar-refractivity contribution is 9.10. The highest BCUT2D eigenvalue weighted by atomic mass is 79.9. The predicted molar refractivity (Wildman–Crippen MR) is 70.6 cm³/mol. The van der Waals surface area contributed by atoms with E-state index < -0.39 is 23.7 Å². The normalized spacial score (nSPS) is 12.9. The lowest BCUT2D eigenvalue weighted by Gasteiger charge is -2.13. The predicted octanol–water partition coefficient (Wildman–Crippen LogP) is 3.31. The smallest absolute Gasteiger partial charge is 0.325 e. The maximum atomic E-state index is 12.6. The number of nitrogens with one attached hydrogen (secondary N) is 1. The number of alkyl halides is 3. The van der Waals surface area contributed by atoms with Crippen LogP contribution in [0.15, 0.2) is 35.3 Å². The van der Waals surface area contributed by atoms with Crippen LogP contribution in [-0.2, 0) is 11.0 Å². The number of benzene rings is 1. The van der Waals surface area contributed by atoms with Gasteiger partial charge in [0.25, 0.3) is 0 Å². The lowest BCUT2D eigenvalue weighted by Crippen LogP contribution is -2.35. The zero-order chi connectivity index (χ0) is 14.6. The van der Waals surface area contributed by atoms with Crippen LogP contribution in [-0.4, -0.2) is 11.9 Å². The third-order valence-electron chi connectivity index (χ3n) is 2.25. The van der Waals surface area contributed by atoms with E-state index in [2.05, 4.69) is 27.8 Å². The van der Waals surface area contributed by atoms with Crippen molar-refractivity contribution < 1.29 is 18.0 Å². The first-order valence-electron chi connectivity index (χ1n) is 5.29. The van der Waals surface area contributed by atoms with Gasteiger partial charge in [0.05, 0.1) is 11.6 Å². The third kappa shape index (κ3) is 4.68. The number of rotatable bonds is 4. The molecule has 3 N–H and O–H groups in total. The van der Waals surface area contributed by atoms with Crippen molar-refractivity contribution >= 4 is 27.5 Å². The molecule has 0 aliphatic carbocycles. The first-order chi connectivity index (χ1) is 8.74. The SMILES string of the molecule is C=CCC(N)C(=O)Nc1cc(Br)cc(C(F)(F)F)c1. The summed E-state index contributed by atoms with van der Waals surface area (Å²) in [6.07, 6.45) is -2.77. The average molecular weight is 337 g/mol. The summed E-state index contributed by atoms with van der Waals surface area (Å²) in [5, 5.41) is 2.34. The molecule has 0 heterocycles. The van der Waals surface area contributed by atoms with E-state index in [1.807, 2.05) is 0 Å². The molecule has 1 aromatic rings. The Bertz CT molecular complexity index is 488. The number of halogens is 4. The number of carbonyl (C=O) groups excluding carboxylic acids is 1. The van der Waals surface area contributed by atoms with Crippen molar-refractivity contribution in [2.24, 2.45) is 5.73 Å². The molecule has 0 saturated heterocycles. The largest absolute Gasteiger partial charge is 0.416 e. The minimum absolute atomic E-state index is 0.0335. The molecule has 0 aliphatic heterocycles. The first kappa shape index (κ1) is 15.7. The van der Waals surface area contributed by atoms with Crippen molar-refractivity contribution in [1.82, 2.24) is 0 Å². The van der Waals surface area contributed by atoms with Crippen molar-refractivity contribution in [3.63, 3.8) is 0 Å². The fourth-order valence-electron chi connectivity index (χ4n) is 1.35. The topological polar surface area (TPSA) is 55.1 Å². The van der Waals surface area contributed by atoms with E-state index in [0.717, 1.165) is 12.1 Å². The van der Waals surface area contributed by atoms with Crippen LogP contribution in [0.3, 0.4) is 0 Å². The average Bonchev–Trinajstić information content (AvgIpc) is 2.27. The van der Waals surface area contributed by atoms with Gasteiger partial charge >= 0.3 is 6.18 Å². The van der Waals surface area contributed by atoms with E-state index in [4.69, 9.17) is 5.73 Å². The van der Waals surface area contributed by atoms with Gasteiger partial charge in [-0.05, 0) is 24.6 Å². The standard InChI is InChI=1S/C12H12BrF3N2O/c1-2-3-10(17)11(19)18-9-5-7(12(14,15)16)4-8(13)6-9/h2,4-6,10H,1,3,17H2,(H,18,19). The molecular weight excluding hydrogens is 325 g/mol. The Labute approximate surface area is 116 Å². The zero-order valence-corrected chi connectivity index (χ0v) is 11.4. The minimum Gasteiger partial charge on any atom is -0.325 e. The molecule has 1 amide bonds. The van der Waals surface area contributed by atoms with Crippen molar-refractivity contribution in [3.05, 3.63) is 40.9 Å². The monoisotopic (exact) mass is 336 g/mol. The second-order valence-electron chi connectivity index (χ2n) is 3.85. The Morgan fingerprint density at radius 3 is 2.63 bits per heavy atom. The number of hydrogen-bond donors (Lipinski definition) is 2. The lowest BCUT2D eigenvalue weighted by molar-refractivity contribution is -0.137. The van der Waals surface area contributed by atoms with Gasteiger partial charge in [-0.1, -0.05) is 22.0 Å². The molecule has 1 rings (SSSR count). The third-order valence-corrected chi connectivity index (χ3v) is 2.71. The molecule has 3 nitrogen and oxygen atoms in total. The van der Waals surface area contributed by atoms with Gasteiger partial charge in [0.2, 0.25) is 5.91 Å². The maximum absolute atomic E-state index is 12.6. The summed E-state index contributed by atoms with van der Waals surface area (Å²) in [4.78, 5) is 11.6. The Hall–Kier alpha value is -1.34. The quantitative estimate of drug-likeness (QED) is 0.829. The van der Waals surface area contributed by atoms with Gasteiger partial charge < -0.3 is 11.1 Å². The Morgan fingerprint density at radius 1 is 1.47 bits per heavy atom. The molecule has 0 aliphatic rings. The molecule has 104 valence electrons. The number of amides is 1. The minimum atomic E-state index is -4.48. The van der Waals surface area contributed by atoms with E-state index in [1.165, 1.54) is 12.1 Å². The van der Waals surface area contributed by atoms with Crippen LogP contribution < -0.4 is 11.1 Å². The van der Waals surface area contributed by atoms with Gasteiger partial charge in [0.1, 0.15) is 0 Å².